The molecular weight excluding hydrogens is 363 g/mol. The number of hydrogen-bond donors (Lipinski definition) is 2. The Morgan fingerprint density at radius 1 is 1.11 bits per heavy atom. The van der Waals surface area contributed by atoms with Crippen molar-refractivity contribution in [3.8, 4) is 0 Å². The number of aliphatic hydroxyl groups is 1. The van der Waals surface area contributed by atoms with E-state index in [4.69, 9.17) is 4.74 Å². The second kappa shape index (κ2) is 3.63. The molecule has 0 aromatic rings. The van der Waals surface area contributed by atoms with Gasteiger partial charge in [-0.3, -0.25) is 9.59 Å². The third-order valence-corrected chi connectivity index (χ3v) is 5.88. The normalized spacial score (nSPS) is 51.1. The molecule has 0 radical (unpaired) electrons. The first-order chi connectivity index (χ1) is 8.60. The lowest BCUT2D eigenvalue weighted by Crippen LogP contribution is -2.70. The summed E-state index contributed by atoms with van der Waals surface area (Å²) in [6.07, 6.45) is 2.79. The standard InChI is InChI=1S/C13H17IO5/c1-8(15)19-13-4-10(9(16)17)2-11(14,6-13)5-12(18,3-10)7-13/h18H,2-7H2,1H3,(H,16,17). The Morgan fingerprint density at radius 3 is 2.32 bits per heavy atom. The lowest BCUT2D eigenvalue weighted by Gasteiger charge is -2.65. The summed E-state index contributed by atoms with van der Waals surface area (Å²) in [6.45, 7) is 1.34. The van der Waals surface area contributed by atoms with Gasteiger partial charge in [0.05, 0.1) is 11.0 Å². The van der Waals surface area contributed by atoms with Gasteiger partial charge in [-0.15, -0.1) is 0 Å². The molecule has 0 spiro atoms. The molecule has 19 heavy (non-hydrogen) atoms. The van der Waals surface area contributed by atoms with Crippen molar-refractivity contribution in [3.05, 3.63) is 0 Å². The van der Waals surface area contributed by atoms with E-state index in [1.165, 1.54) is 6.92 Å². The van der Waals surface area contributed by atoms with E-state index in [0.29, 0.717) is 32.1 Å². The van der Waals surface area contributed by atoms with Crippen LogP contribution >= 0.6 is 22.6 Å². The number of carboxylic acids is 1. The molecule has 0 aromatic heterocycles. The molecule has 0 heterocycles. The molecule has 0 aliphatic heterocycles. The lowest BCUT2D eigenvalue weighted by molar-refractivity contribution is -0.236. The number of esters is 1. The molecule has 4 aliphatic rings. The number of carboxylic acid groups (broad SMARTS) is 1. The second-order valence-electron chi connectivity index (χ2n) is 6.80. The molecule has 4 saturated carbocycles. The van der Waals surface area contributed by atoms with Crippen LogP contribution in [0.15, 0.2) is 0 Å². The van der Waals surface area contributed by atoms with Crippen molar-refractivity contribution in [1.29, 1.82) is 0 Å². The second-order valence-corrected chi connectivity index (χ2v) is 9.09. The number of hydrogen-bond acceptors (Lipinski definition) is 4. The first-order valence-electron chi connectivity index (χ1n) is 6.45. The van der Waals surface area contributed by atoms with Gasteiger partial charge < -0.3 is 14.9 Å². The van der Waals surface area contributed by atoms with E-state index in [-0.39, 0.29) is 9.84 Å². The van der Waals surface area contributed by atoms with Crippen LogP contribution in [0, 0.1) is 5.41 Å². The van der Waals surface area contributed by atoms with Crippen LogP contribution in [0.1, 0.15) is 45.4 Å². The van der Waals surface area contributed by atoms with Gasteiger partial charge >= 0.3 is 11.9 Å². The number of alkyl halides is 1. The summed E-state index contributed by atoms with van der Waals surface area (Å²) in [7, 11) is 0. The van der Waals surface area contributed by atoms with E-state index in [9.17, 15) is 19.8 Å². The molecule has 4 bridgehead atoms. The fraction of sp³-hybridized carbons (Fsp3) is 0.846. The maximum atomic E-state index is 11.7. The van der Waals surface area contributed by atoms with Crippen molar-refractivity contribution in [1.82, 2.24) is 0 Å². The van der Waals surface area contributed by atoms with Gasteiger partial charge in [-0.25, -0.2) is 0 Å². The van der Waals surface area contributed by atoms with E-state index in [1.807, 2.05) is 0 Å². The van der Waals surface area contributed by atoms with Gasteiger partial charge in [-0.1, -0.05) is 22.6 Å². The van der Waals surface area contributed by atoms with E-state index < -0.39 is 28.6 Å². The molecule has 4 rings (SSSR count). The molecule has 2 N–H and O–H groups in total. The molecule has 4 fully saturated rings. The summed E-state index contributed by atoms with van der Waals surface area (Å²) < 4.78 is 5.21. The van der Waals surface area contributed by atoms with Gasteiger partial charge in [0.15, 0.2) is 0 Å². The predicted molar refractivity (Wildman–Crippen MR) is 74.0 cm³/mol. The van der Waals surface area contributed by atoms with Crippen molar-refractivity contribution in [2.24, 2.45) is 5.41 Å². The zero-order valence-corrected chi connectivity index (χ0v) is 12.9. The van der Waals surface area contributed by atoms with E-state index in [1.54, 1.807) is 0 Å². The minimum atomic E-state index is -1.01. The fourth-order valence-electron chi connectivity index (χ4n) is 5.01. The maximum absolute atomic E-state index is 11.7. The van der Waals surface area contributed by atoms with Crippen LogP contribution in [0.5, 0.6) is 0 Å². The van der Waals surface area contributed by atoms with Gasteiger partial charge in [0.25, 0.3) is 0 Å². The zero-order chi connectivity index (χ0) is 14.1. The number of halogens is 1. The van der Waals surface area contributed by atoms with Crippen LogP contribution in [0.2, 0.25) is 0 Å². The van der Waals surface area contributed by atoms with Crippen molar-refractivity contribution in [2.45, 2.75) is 60.1 Å². The SMILES string of the molecule is CC(=O)OC12CC3(O)CC(I)(C1)CC(C(=O)O)(C3)C2. The van der Waals surface area contributed by atoms with Crippen molar-refractivity contribution < 1.29 is 24.5 Å². The summed E-state index contributed by atoms with van der Waals surface area (Å²) in [5, 5.41) is 20.3. The summed E-state index contributed by atoms with van der Waals surface area (Å²) in [5.41, 5.74) is -2.75. The molecule has 4 aliphatic carbocycles. The number of rotatable bonds is 2. The Morgan fingerprint density at radius 2 is 1.79 bits per heavy atom. The van der Waals surface area contributed by atoms with E-state index in [0.717, 1.165) is 0 Å². The highest BCUT2D eigenvalue weighted by molar-refractivity contribution is 14.1. The van der Waals surface area contributed by atoms with Crippen LogP contribution in [0.25, 0.3) is 0 Å². The highest BCUT2D eigenvalue weighted by Gasteiger charge is 2.71. The Bertz CT molecular complexity index is 456. The Hall–Kier alpha value is -0.370. The number of carbonyl (C=O) groups excluding carboxylic acids is 1. The first-order valence-corrected chi connectivity index (χ1v) is 7.52. The minimum Gasteiger partial charge on any atom is -0.481 e. The summed E-state index contributed by atoms with van der Waals surface area (Å²) in [5.74, 6) is -1.27. The fourth-order valence-corrected chi connectivity index (χ4v) is 7.14. The van der Waals surface area contributed by atoms with E-state index >= 15 is 0 Å². The van der Waals surface area contributed by atoms with Gasteiger partial charge in [0.1, 0.15) is 5.60 Å². The average Bonchev–Trinajstić information content (AvgIpc) is 2.07. The van der Waals surface area contributed by atoms with Gasteiger partial charge in [0.2, 0.25) is 0 Å². The molecule has 106 valence electrons. The highest BCUT2D eigenvalue weighted by Crippen LogP contribution is 2.68. The monoisotopic (exact) mass is 380 g/mol. The maximum Gasteiger partial charge on any atom is 0.309 e. The van der Waals surface area contributed by atoms with Crippen molar-refractivity contribution in [2.75, 3.05) is 0 Å². The molecule has 0 aromatic carbocycles. The van der Waals surface area contributed by atoms with E-state index in [2.05, 4.69) is 22.6 Å². The number of carbonyl (C=O) groups is 2. The van der Waals surface area contributed by atoms with Crippen molar-refractivity contribution >= 4 is 34.5 Å². The molecule has 0 amide bonds. The minimum absolute atomic E-state index is 0.281. The molecule has 5 nitrogen and oxygen atoms in total. The van der Waals surface area contributed by atoms with Crippen LogP contribution in [-0.4, -0.2) is 36.8 Å². The van der Waals surface area contributed by atoms with Crippen LogP contribution in [0.4, 0.5) is 0 Å². The Balaban J connectivity index is 2.06. The smallest absolute Gasteiger partial charge is 0.309 e. The van der Waals surface area contributed by atoms with Crippen molar-refractivity contribution in [3.63, 3.8) is 0 Å². The van der Waals surface area contributed by atoms with Crippen LogP contribution < -0.4 is 0 Å². The third-order valence-electron chi connectivity index (χ3n) is 4.73. The van der Waals surface area contributed by atoms with Crippen LogP contribution in [-0.2, 0) is 14.3 Å². The summed E-state index contributed by atoms with van der Waals surface area (Å²) in [6, 6.07) is 0. The average molecular weight is 380 g/mol. The Labute approximate surface area is 124 Å². The van der Waals surface area contributed by atoms with Gasteiger partial charge in [-0.2, -0.15) is 0 Å². The quantitative estimate of drug-likeness (QED) is 0.433. The lowest BCUT2D eigenvalue weighted by atomic mass is 9.46. The summed E-state index contributed by atoms with van der Waals surface area (Å²) >= 11 is 2.26. The third kappa shape index (κ3) is 1.98. The zero-order valence-electron chi connectivity index (χ0n) is 10.7. The van der Waals surface area contributed by atoms with Gasteiger partial charge in [0, 0.05) is 29.6 Å². The Kier molecular flexibility index (Phi) is 2.60. The van der Waals surface area contributed by atoms with Gasteiger partial charge in [-0.05, 0) is 19.3 Å². The highest BCUT2D eigenvalue weighted by atomic mass is 127. The number of aliphatic carboxylic acids is 1. The summed E-state index contributed by atoms with van der Waals surface area (Å²) in [4.78, 5) is 23.1. The first kappa shape index (κ1) is 13.6. The molecule has 6 heteroatoms. The number of ether oxygens (including phenoxy) is 1. The largest absolute Gasteiger partial charge is 0.481 e. The van der Waals surface area contributed by atoms with Crippen LogP contribution in [0.3, 0.4) is 0 Å². The molecule has 0 saturated heterocycles. The topological polar surface area (TPSA) is 83.8 Å². The predicted octanol–water partition coefficient (Wildman–Crippen LogP) is 1.65. The molecular formula is C13H17IO5. The molecule has 4 atom stereocenters. The molecule has 4 unspecified atom stereocenters.